The number of anilines is 1. The zero-order valence-electron chi connectivity index (χ0n) is 20.1. The minimum absolute atomic E-state index is 0.0359. The van der Waals surface area contributed by atoms with E-state index >= 15 is 0 Å². The first-order chi connectivity index (χ1) is 16.2. The Labute approximate surface area is 199 Å². The molecule has 4 rings (SSSR count). The molecule has 1 aliphatic rings. The van der Waals surface area contributed by atoms with Crippen LogP contribution in [0.2, 0.25) is 0 Å². The molecule has 3 aromatic rings. The van der Waals surface area contributed by atoms with Gasteiger partial charge in [-0.05, 0) is 62.6 Å². The summed E-state index contributed by atoms with van der Waals surface area (Å²) in [6.45, 7) is 13.8. The van der Waals surface area contributed by atoms with E-state index < -0.39 is 11.9 Å². The average Bonchev–Trinajstić information content (AvgIpc) is 3.34. The number of aliphatic hydroxyl groups excluding tert-OH is 1. The second-order valence-corrected chi connectivity index (χ2v) is 8.92. The maximum atomic E-state index is 13.4. The zero-order valence-corrected chi connectivity index (χ0v) is 20.1. The van der Waals surface area contributed by atoms with Gasteiger partial charge in [-0.25, -0.2) is 0 Å². The highest BCUT2D eigenvalue weighted by Gasteiger charge is 2.43. The number of ether oxygens (including phenoxy) is 1. The molecule has 0 saturated carbocycles. The molecule has 0 aliphatic carbocycles. The van der Waals surface area contributed by atoms with Crippen LogP contribution in [0.5, 0.6) is 5.75 Å². The maximum absolute atomic E-state index is 13.4. The Morgan fingerprint density at radius 2 is 1.79 bits per heavy atom. The third-order valence-electron chi connectivity index (χ3n) is 5.75. The van der Waals surface area contributed by atoms with E-state index in [1.165, 1.54) is 0 Å². The molecule has 2 heterocycles. The molecule has 1 atom stereocenters. The van der Waals surface area contributed by atoms with E-state index in [4.69, 9.17) is 9.26 Å². The molecule has 1 aliphatic heterocycles. The van der Waals surface area contributed by atoms with E-state index in [1.807, 2.05) is 64.1 Å². The summed E-state index contributed by atoms with van der Waals surface area (Å²) in [5.41, 5.74) is 3.35. The molecule has 0 bridgehead atoms. The predicted molar refractivity (Wildman–Crippen MR) is 131 cm³/mol. The summed E-state index contributed by atoms with van der Waals surface area (Å²) in [4.78, 5) is 19.3. The minimum atomic E-state index is -0.589. The van der Waals surface area contributed by atoms with Crippen molar-refractivity contribution in [3.63, 3.8) is 0 Å². The van der Waals surface area contributed by atoms with Gasteiger partial charge in [-0.2, -0.15) is 4.98 Å². The average molecular weight is 460 g/mol. The SMILES string of the molecule is C=C(C1=C(O)C(=O)N(c2ccc(-c3nc(C)no3)cc2)C1c1ccccc1OC(C)C)C(C)C. The molecule has 0 saturated heterocycles. The lowest BCUT2D eigenvalue weighted by Gasteiger charge is -2.30. The lowest BCUT2D eigenvalue weighted by Crippen LogP contribution is -2.31. The number of para-hydroxylation sites is 1. The molecule has 34 heavy (non-hydrogen) atoms. The number of rotatable bonds is 7. The number of carbonyl (C=O) groups excluding carboxylic acids is 1. The van der Waals surface area contributed by atoms with E-state index in [2.05, 4.69) is 16.7 Å². The Balaban J connectivity index is 1.83. The topological polar surface area (TPSA) is 88.7 Å². The summed E-state index contributed by atoms with van der Waals surface area (Å²) < 4.78 is 11.3. The summed E-state index contributed by atoms with van der Waals surface area (Å²) in [7, 11) is 0. The van der Waals surface area contributed by atoms with Crippen molar-refractivity contribution < 1.29 is 19.2 Å². The summed E-state index contributed by atoms with van der Waals surface area (Å²) in [6, 6.07) is 14.2. The van der Waals surface area contributed by atoms with Crippen molar-refractivity contribution in [3.8, 4) is 17.2 Å². The highest BCUT2D eigenvalue weighted by atomic mass is 16.5. The Morgan fingerprint density at radius 1 is 1.12 bits per heavy atom. The van der Waals surface area contributed by atoms with Crippen LogP contribution >= 0.6 is 0 Å². The highest BCUT2D eigenvalue weighted by molar-refractivity contribution is 6.09. The third-order valence-corrected chi connectivity index (χ3v) is 5.75. The van der Waals surface area contributed by atoms with Crippen LogP contribution in [-0.4, -0.2) is 27.3 Å². The molecule has 0 fully saturated rings. The number of amides is 1. The van der Waals surface area contributed by atoms with Crippen molar-refractivity contribution in [2.75, 3.05) is 4.90 Å². The fraction of sp³-hybridized carbons (Fsp3) is 0.296. The number of aromatic nitrogens is 2. The number of nitrogens with zero attached hydrogens (tertiary/aromatic N) is 3. The first kappa shape index (κ1) is 23.3. The lowest BCUT2D eigenvalue weighted by atomic mass is 9.88. The van der Waals surface area contributed by atoms with E-state index in [0.717, 1.165) is 11.1 Å². The quantitative estimate of drug-likeness (QED) is 0.470. The van der Waals surface area contributed by atoms with Gasteiger partial charge >= 0.3 is 0 Å². The second kappa shape index (κ2) is 9.17. The van der Waals surface area contributed by atoms with Crippen molar-refractivity contribution >= 4 is 11.6 Å². The number of aliphatic hydroxyl groups is 1. The van der Waals surface area contributed by atoms with Gasteiger partial charge in [0.1, 0.15) is 5.75 Å². The summed E-state index contributed by atoms with van der Waals surface area (Å²) >= 11 is 0. The van der Waals surface area contributed by atoms with Crippen molar-refractivity contribution in [3.05, 3.63) is 83.4 Å². The first-order valence-corrected chi connectivity index (χ1v) is 11.3. The summed E-state index contributed by atoms with van der Waals surface area (Å²) in [5.74, 6) is 0.860. The fourth-order valence-electron chi connectivity index (χ4n) is 4.05. The van der Waals surface area contributed by atoms with Crippen molar-refractivity contribution in [2.45, 2.75) is 46.8 Å². The predicted octanol–water partition coefficient (Wildman–Crippen LogP) is 5.94. The molecule has 2 aromatic carbocycles. The van der Waals surface area contributed by atoms with Gasteiger partial charge in [-0.15, -0.1) is 0 Å². The monoisotopic (exact) mass is 459 g/mol. The fourth-order valence-corrected chi connectivity index (χ4v) is 4.05. The number of benzene rings is 2. The van der Waals surface area contributed by atoms with Crippen molar-refractivity contribution in [1.82, 2.24) is 10.1 Å². The van der Waals surface area contributed by atoms with Crippen LogP contribution in [0.4, 0.5) is 5.69 Å². The van der Waals surface area contributed by atoms with Crippen LogP contribution in [-0.2, 0) is 4.79 Å². The van der Waals surface area contributed by atoms with Gasteiger partial charge in [0.2, 0.25) is 0 Å². The molecule has 1 amide bonds. The van der Waals surface area contributed by atoms with Crippen LogP contribution in [0.25, 0.3) is 11.5 Å². The number of hydrogen-bond donors (Lipinski definition) is 1. The van der Waals surface area contributed by atoms with Gasteiger partial charge in [0.05, 0.1) is 12.1 Å². The van der Waals surface area contributed by atoms with E-state index in [-0.39, 0.29) is 17.8 Å². The Hall–Kier alpha value is -3.87. The van der Waals surface area contributed by atoms with Gasteiger partial charge in [-0.1, -0.05) is 43.8 Å². The smallest absolute Gasteiger partial charge is 0.294 e. The highest BCUT2D eigenvalue weighted by Crippen LogP contribution is 2.47. The molecule has 7 nitrogen and oxygen atoms in total. The number of aryl methyl sites for hydroxylation is 1. The number of carbonyl (C=O) groups is 1. The van der Waals surface area contributed by atoms with Crippen molar-refractivity contribution in [2.24, 2.45) is 5.92 Å². The molecule has 7 heteroatoms. The van der Waals surface area contributed by atoms with Crippen LogP contribution < -0.4 is 9.64 Å². The van der Waals surface area contributed by atoms with Gasteiger partial charge in [0.25, 0.3) is 11.8 Å². The molecular formula is C27H29N3O4. The largest absolute Gasteiger partial charge is 0.503 e. The second-order valence-electron chi connectivity index (χ2n) is 8.92. The van der Waals surface area contributed by atoms with Crippen LogP contribution in [0.1, 0.15) is 45.1 Å². The standard InChI is InChI=1S/C27H29N3O4/c1-15(2)17(5)23-24(21-9-7-8-10-22(21)33-16(3)4)30(27(32)25(23)31)20-13-11-19(12-14-20)26-28-18(6)29-34-26/h7-16,24,31H,5H2,1-4,6H3. The lowest BCUT2D eigenvalue weighted by molar-refractivity contribution is -0.117. The molecule has 1 unspecified atom stereocenters. The zero-order chi connectivity index (χ0) is 24.6. The molecule has 1 aromatic heterocycles. The Morgan fingerprint density at radius 3 is 2.38 bits per heavy atom. The Kier molecular flexibility index (Phi) is 6.28. The molecule has 1 N–H and O–H groups in total. The van der Waals surface area contributed by atoms with E-state index in [9.17, 15) is 9.90 Å². The molecule has 176 valence electrons. The van der Waals surface area contributed by atoms with E-state index in [0.29, 0.717) is 34.3 Å². The minimum Gasteiger partial charge on any atom is -0.503 e. The maximum Gasteiger partial charge on any atom is 0.294 e. The van der Waals surface area contributed by atoms with Gasteiger partial charge in [0.15, 0.2) is 11.6 Å². The van der Waals surface area contributed by atoms with Crippen LogP contribution in [0.3, 0.4) is 0 Å². The summed E-state index contributed by atoms with van der Waals surface area (Å²) in [6.07, 6.45) is -0.0572. The Bertz CT molecular complexity index is 1250. The molecule has 0 radical (unpaired) electrons. The van der Waals surface area contributed by atoms with Gasteiger partial charge in [-0.3, -0.25) is 9.69 Å². The first-order valence-electron chi connectivity index (χ1n) is 11.3. The normalized spacial score (nSPS) is 16.1. The van der Waals surface area contributed by atoms with Gasteiger partial charge < -0.3 is 14.4 Å². The molecular weight excluding hydrogens is 430 g/mol. The summed E-state index contributed by atoms with van der Waals surface area (Å²) in [5, 5.41) is 14.8. The van der Waals surface area contributed by atoms with Crippen molar-refractivity contribution in [1.29, 1.82) is 0 Å². The van der Waals surface area contributed by atoms with Crippen LogP contribution in [0.15, 0.2) is 76.5 Å². The van der Waals surface area contributed by atoms with Crippen LogP contribution in [0, 0.1) is 12.8 Å². The third kappa shape index (κ3) is 4.21. The van der Waals surface area contributed by atoms with Gasteiger partial charge in [0, 0.05) is 22.4 Å². The molecule has 0 spiro atoms. The van der Waals surface area contributed by atoms with E-state index in [1.54, 1.807) is 24.0 Å². The number of hydrogen-bond acceptors (Lipinski definition) is 6.